The van der Waals surface area contributed by atoms with E-state index >= 15 is 0 Å². The second-order valence-corrected chi connectivity index (χ2v) is 5.45. The predicted octanol–water partition coefficient (Wildman–Crippen LogP) is 2.03. The molecule has 1 atom stereocenters. The van der Waals surface area contributed by atoms with Gasteiger partial charge >= 0.3 is 0 Å². The minimum Gasteiger partial charge on any atom is -0.363 e. The first-order chi connectivity index (χ1) is 11.3. The van der Waals surface area contributed by atoms with Crippen LogP contribution in [-0.4, -0.2) is 37.0 Å². The van der Waals surface area contributed by atoms with E-state index in [0.717, 1.165) is 12.1 Å². The zero-order chi connectivity index (χ0) is 17.9. The van der Waals surface area contributed by atoms with Crippen LogP contribution in [-0.2, 0) is 4.79 Å². The number of amides is 1. The number of benzene rings is 1. The van der Waals surface area contributed by atoms with E-state index in [2.05, 4.69) is 20.6 Å². The molecule has 0 aliphatic carbocycles. The Morgan fingerprint density at radius 3 is 2.46 bits per heavy atom. The molecule has 0 saturated carbocycles. The van der Waals surface area contributed by atoms with Crippen molar-refractivity contribution in [1.29, 1.82) is 0 Å². The molecule has 0 saturated heterocycles. The maximum Gasteiger partial charge on any atom is 0.246 e. The number of halogens is 2. The van der Waals surface area contributed by atoms with E-state index < -0.39 is 23.6 Å². The highest BCUT2D eigenvalue weighted by molar-refractivity contribution is 5.85. The van der Waals surface area contributed by atoms with Crippen molar-refractivity contribution >= 4 is 17.7 Å². The van der Waals surface area contributed by atoms with Gasteiger partial charge in [0.05, 0.1) is 0 Å². The molecule has 0 radical (unpaired) electrons. The number of hydrogen-bond acceptors (Lipinski definition) is 5. The van der Waals surface area contributed by atoms with E-state index in [1.807, 2.05) is 14.1 Å². The first-order valence-corrected chi connectivity index (χ1v) is 7.28. The van der Waals surface area contributed by atoms with Gasteiger partial charge in [-0.25, -0.2) is 13.8 Å². The fourth-order valence-corrected chi connectivity index (χ4v) is 2.11. The molecule has 2 N–H and O–H groups in total. The molecule has 24 heavy (non-hydrogen) atoms. The summed E-state index contributed by atoms with van der Waals surface area (Å²) < 4.78 is 26.6. The van der Waals surface area contributed by atoms with E-state index in [1.165, 1.54) is 13.1 Å². The van der Waals surface area contributed by atoms with E-state index in [0.29, 0.717) is 11.5 Å². The van der Waals surface area contributed by atoms with Crippen LogP contribution < -0.4 is 15.5 Å². The molecule has 128 valence electrons. The lowest BCUT2D eigenvalue weighted by atomic mass is 10.1. The van der Waals surface area contributed by atoms with E-state index in [-0.39, 0.29) is 11.5 Å². The fourth-order valence-electron chi connectivity index (χ4n) is 2.11. The van der Waals surface area contributed by atoms with Crippen LogP contribution in [0, 0.1) is 18.6 Å². The Labute approximate surface area is 138 Å². The van der Waals surface area contributed by atoms with Crippen molar-refractivity contribution in [2.75, 3.05) is 31.4 Å². The minimum atomic E-state index is -1.03. The number of aromatic nitrogens is 2. The lowest BCUT2D eigenvalue weighted by Crippen LogP contribution is -2.31. The maximum atomic E-state index is 13.5. The Morgan fingerprint density at radius 1 is 1.17 bits per heavy atom. The second kappa shape index (κ2) is 7.20. The van der Waals surface area contributed by atoms with Gasteiger partial charge in [0.15, 0.2) is 11.6 Å². The molecule has 6 nitrogen and oxygen atoms in total. The molecule has 0 aliphatic heterocycles. The summed E-state index contributed by atoms with van der Waals surface area (Å²) >= 11 is 0. The topological polar surface area (TPSA) is 70.2 Å². The van der Waals surface area contributed by atoms with Crippen LogP contribution in [0.2, 0.25) is 0 Å². The molecule has 0 spiro atoms. The summed E-state index contributed by atoms with van der Waals surface area (Å²) in [4.78, 5) is 22.5. The van der Waals surface area contributed by atoms with Crippen LogP contribution in [0.4, 0.5) is 20.5 Å². The smallest absolute Gasteiger partial charge is 0.246 e. The quantitative estimate of drug-likeness (QED) is 0.875. The first kappa shape index (κ1) is 17.6. The predicted molar refractivity (Wildman–Crippen MR) is 87.9 cm³/mol. The van der Waals surface area contributed by atoms with Gasteiger partial charge in [-0.3, -0.25) is 4.79 Å². The maximum absolute atomic E-state index is 13.5. The summed E-state index contributed by atoms with van der Waals surface area (Å²) in [5, 5.41) is 5.36. The van der Waals surface area contributed by atoms with E-state index in [9.17, 15) is 13.6 Å². The molecule has 8 heteroatoms. The number of likely N-dealkylation sites (N-methyl/N-ethyl adjacent to an activating group) is 1. The molecule has 1 aromatic carbocycles. The molecule has 2 aromatic rings. The number of carbonyl (C=O) groups is 1. The molecule has 2 rings (SSSR count). The van der Waals surface area contributed by atoms with E-state index in [4.69, 9.17) is 0 Å². The molecule has 0 bridgehead atoms. The van der Waals surface area contributed by atoms with Crippen molar-refractivity contribution in [2.24, 2.45) is 0 Å². The summed E-state index contributed by atoms with van der Waals surface area (Å²) in [6, 6.07) is 4.13. The van der Waals surface area contributed by atoms with Crippen molar-refractivity contribution in [3.05, 3.63) is 47.2 Å². The van der Waals surface area contributed by atoms with Gasteiger partial charge in [-0.15, -0.1) is 0 Å². The third-order valence-electron chi connectivity index (χ3n) is 3.36. The number of nitrogens with one attached hydrogen (secondary N) is 2. The third kappa shape index (κ3) is 3.95. The summed E-state index contributed by atoms with van der Waals surface area (Å²) in [6.07, 6.45) is 0. The Hall–Kier alpha value is -2.77. The fraction of sp³-hybridized carbons (Fsp3) is 0.312. The Morgan fingerprint density at radius 2 is 1.88 bits per heavy atom. The van der Waals surface area contributed by atoms with Crippen molar-refractivity contribution in [3.8, 4) is 0 Å². The van der Waals surface area contributed by atoms with Crippen molar-refractivity contribution in [2.45, 2.75) is 13.0 Å². The monoisotopic (exact) mass is 335 g/mol. The molecule has 0 aliphatic rings. The lowest BCUT2D eigenvalue weighted by Gasteiger charge is -2.19. The molecular weight excluding hydrogens is 316 g/mol. The summed E-state index contributed by atoms with van der Waals surface area (Å²) in [7, 11) is 5.12. The highest BCUT2D eigenvalue weighted by Crippen LogP contribution is 2.21. The Balaban J connectivity index is 2.39. The van der Waals surface area contributed by atoms with Crippen molar-refractivity contribution in [1.82, 2.24) is 15.3 Å². The highest BCUT2D eigenvalue weighted by Gasteiger charge is 2.22. The van der Waals surface area contributed by atoms with Gasteiger partial charge in [-0.2, -0.15) is 4.98 Å². The molecule has 1 aromatic heterocycles. The van der Waals surface area contributed by atoms with Gasteiger partial charge < -0.3 is 15.5 Å². The van der Waals surface area contributed by atoms with E-state index in [1.54, 1.807) is 17.9 Å². The van der Waals surface area contributed by atoms with Gasteiger partial charge in [0.1, 0.15) is 11.9 Å². The third-order valence-corrected chi connectivity index (χ3v) is 3.36. The van der Waals surface area contributed by atoms with Crippen molar-refractivity contribution < 1.29 is 13.6 Å². The van der Waals surface area contributed by atoms with Crippen LogP contribution in [0.5, 0.6) is 0 Å². The number of hydrogen-bond donors (Lipinski definition) is 2. The first-order valence-electron chi connectivity index (χ1n) is 7.28. The number of anilines is 2. The van der Waals surface area contributed by atoms with Crippen molar-refractivity contribution in [3.63, 3.8) is 0 Å². The van der Waals surface area contributed by atoms with Crippen LogP contribution in [0.15, 0.2) is 24.3 Å². The number of aryl methyl sites for hydroxylation is 1. The largest absolute Gasteiger partial charge is 0.363 e. The summed E-state index contributed by atoms with van der Waals surface area (Å²) in [5.74, 6) is -1.54. The Bertz CT molecular complexity index is 751. The van der Waals surface area contributed by atoms with Crippen LogP contribution in [0.3, 0.4) is 0 Å². The molecule has 0 fully saturated rings. The number of rotatable bonds is 5. The molecular formula is C16H19F2N5O. The minimum absolute atomic E-state index is 0.219. The SMILES string of the molecule is CNC(=O)C(Nc1nc(C)cc(N(C)C)n1)c1ccc(F)c(F)c1. The van der Waals surface area contributed by atoms with Gasteiger partial charge in [0.2, 0.25) is 11.9 Å². The van der Waals surface area contributed by atoms with Gasteiger partial charge in [-0.1, -0.05) is 6.07 Å². The normalized spacial score (nSPS) is 11.8. The number of nitrogens with zero attached hydrogens (tertiary/aromatic N) is 3. The van der Waals surface area contributed by atoms with Gasteiger partial charge in [0, 0.05) is 32.9 Å². The number of carbonyl (C=O) groups excluding carboxylic acids is 1. The second-order valence-electron chi connectivity index (χ2n) is 5.45. The Kier molecular flexibility index (Phi) is 5.28. The average molecular weight is 335 g/mol. The van der Waals surface area contributed by atoms with Crippen LogP contribution >= 0.6 is 0 Å². The zero-order valence-corrected chi connectivity index (χ0v) is 13.9. The molecule has 1 amide bonds. The van der Waals surface area contributed by atoms with Crippen LogP contribution in [0.1, 0.15) is 17.3 Å². The summed E-state index contributed by atoms with van der Waals surface area (Å²) in [6.45, 7) is 1.80. The highest BCUT2D eigenvalue weighted by atomic mass is 19.2. The standard InChI is InChI=1S/C16H19F2N5O/c1-9-7-13(23(3)4)21-16(20-9)22-14(15(24)19-2)10-5-6-11(17)12(18)8-10/h5-8,14H,1-4H3,(H,19,24)(H,20,21,22). The average Bonchev–Trinajstić information content (AvgIpc) is 2.54. The van der Waals surface area contributed by atoms with Crippen LogP contribution in [0.25, 0.3) is 0 Å². The lowest BCUT2D eigenvalue weighted by molar-refractivity contribution is -0.121. The summed E-state index contributed by atoms with van der Waals surface area (Å²) in [5.41, 5.74) is 0.974. The van der Waals surface area contributed by atoms with Gasteiger partial charge in [0.25, 0.3) is 0 Å². The molecule has 1 unspecified atom stereocenters. The van der Waals surface area contributed by atoms with Gasteiger partial charge in [-0.05, 0) is 24.6 Å². The zero-order valence-electron chi connectivity index (χ0n) is 13.9. The molecule has 1 heterocycles.